The summed E-state index contributed by atoms with van der Waals surface area (Å²) in [6, 6.07) is 1.65. The quantitative estimate of drug-likeness (QED) is 0.814. The molecule has 0 aromatic rings. The SMILES string of the molecule is CCC1CCCCCN1CCNC1CCCCC1C. The Balaban J connectivity index is 1.70. The molecule has 2 aliphatic rings. The Morgan fingerprint density at radius 2 is 1.79 bits per heavy atom. The highest BCUT2D eigenvalue weighted by Crippen LogP contribution is 2.23. The lowest BCUT2D eigenvalue weighted by molar-refractivity contribution is 0.185. The smallest absolute Gasteiger partial charge is 0.0110 e. The molecule has 1 heterocycles. The third-order valence-electron chi connectivity index (χ3n) is 5.39. The van der Waals surface area contributed by atoms with Gasteiger partial charge in [0.2, 0.25) is 0 Å². The monoisotopic (exact) mass is 266 g/mol. The fourth-order valence-corrected chi connectivity index (χ4v) is 4.01. The van der Waals surface area contributed by atoms with Gasteiger partial charge in [0.15, 0.2) is 0 Å². The normalized spacial score (nSPS) is 34.1. The molecule has 1 aliphatic heterocycles. The van der Waals surface area contributed by atoms with Gasteiger partial charge in [-0.2, -0.15) is 0 Å². The third kappa shape index (κ3) is 4.75. The van der Waals surface area contributed by atoms with E-state index in [0.717, 1.165) is 18.0 Å². The van der Waals surface area contributed by atoms with Crippen molar-refractivity contribution in [1.82, 2.24) is 10.2 Å². The Morgan fingerprint density at radius 3 is 2.58 bits per heavy atom. The van der Waals surface area contributed by atoms with Crippen molar-refractivity contribution in [3.63, 3.8) is 0 Å². The van der Waals surface area contributed by atoms with Crippen molar-refractivity contribution >= 4 is 0 Å². The molecule has 1 N–H and O–H groups in total. The second-order valence-electron chi connectivity index (χ2n) is 6.77. The molecule has 1 saturated heterocycles. The Labute approximate surface area is 120 Å². The first-order chi connectivity index (χ1) is 9.31. The summed E-state index contributed by atoms with van der Waals surface area (Å²) >= 11 is 0. The molecule has 0 bridgehead atoms. The minimum Gasteiger partial charge on any atom is -0.312 e. The maximum atomic E-state index is 3.84. The topological polar surface area (TPSA) is 15.3 Å². The van der Waals surface area contributed by atoms with Crippen molar-refractivity contribution in [2.45, 2.75) is 83.7 Å². The summed E-state index contributed by atoms with van der Waals surface area (Å²) in [6.07, 6.45) is 12.8. The molecular weight excluding hydrogens is 232 g/mol. The number of nitrogens with zero attached hydrogens (tertiary/aromatic N) is 1. The van der Waals surface area contributed by atoms with Gasteiger partial charge in [0, 0.05) is 25.2 Å². The highest BCUT2D eigenvalue weighted by molar-refractivity contribution is 4.80. The van der Waals surface area contributed by atoms with Gasteiger partial charge in [-0.15, -0.1) is 0 Å². The number of rotatable bonds is 5. The molecule has 0 amide bonds. The van der Waals surface area contributed by atoms with Gasteiger partial charge >= 0.3 is 0 Å². The van der Waals surface area contributed by atoms with E-state index in [1.807, 2.05) is 0 Å². The van der Waals surface area contributed by atoms with Crippen LogP contribution in [0.25, 0.3) is 0 Å². The standard InChI is InChI=1S/C17H34N2/c1-3-16-10-5-4-8-13-19(16)14-12-18-17-11-7-6-9-15(17)2/h15-18H,3-14H2,1-2H3. The van der Waals surface area contributed by atoms with Crippen molar-refractivity contribution < 1.29 is 0 Å². The average Bonchev–Trinajstić information content (AvgIpc) is 2.66. The van der Waals surface area contributed by atoms with Crippen LogP contribution in [0.5, 0.6) is 0 Å². The minimum absolute atomic E-state index is 0.792. The van der Waals surface area contributed by atoms with Crippen LogP contribution in [-0.2, 0) is 0 Å². The van der Waals surface area contributed by atoms with E-state index in [0.29, 0.717) is 0 Å². The van der Waals surface area contributed by atoms with Crippen LogP contribution in [0.15, 0.2) is 0 Å². The Kier molecular flexibility index (Phi) is 6.66. The molecule has 2 rings (SSSR count). The second kappa shape index (κ2) is 8.26. The fourth-order valence-electron chi connectivity index (χ4n) is 4.01. The maximum absolute atomic E-state index is 3.84. The van der Waals surface area contributed by atoms with Crippen LogP contribution in [0.1, 0.15) is 71.6 Å². The predicted octanol–water partition coefficient (Wildman–Crippen LogP) is 3.81. The number of nitrogens with one attached hydrogen (secondary N) is 1. The van der Waals surface area contributed by atoms with Crippen LogP contribution >= 0.6 is 0 Å². The minimum atomic E-state index is 0.792. The van der Waals surface area contributed by atoms with Gasteiger partial charge in [0.25, 0.3) is 0 Å². The molecule has 0 spiro atoms. The third-order valence-corrected chi connectivity index (χ3v) is 5.39. The van der Waals surface area contributed by atoms with Crippen LogP contribution in [-0.4, -0.2) is 36.6 Å². The Bertz CT molecular complexity index is 241. The number of hydrogen-bond donors (Lipinski definition) is 1. The van der Waals surface area contributed by atoms with E-state index < -0.39 is 0 Å². The molecule has 0 aromatic heterocycles. The number of likely N-dealkylation sites (tertiary alicyclic amines) is 1. The van der Waals surface area contributed by atoms with Gasteiger partial charge in [-0.25, -0.2) is 0 Å². The lowest BCUT2D eigenvalue weighted by Gasteiger charge is -2.33. The molecule has 3 atom stereocenters. The molecule has 112 valence electrons. The molecule has 1 saturated carbocycles. The summed E-state index contributed by atoms with van der Waals surface area (Å²) in [4.78, 5) is 2.76. The van der Waals surface area contributed by atoms with Crippen LogP contribution in [0, 0.1) is 5.92 Å². The van der Waals surface area contributed by atoms with Gasteiger partial charge in [0.1, 0.15) is 0 Å². The van der Waals surface area contributed by atoms with Crippen LogP contribution < -0.4 is 5.32 Å². The molecule has 2 fully saturated rings. The van der Waals surface area contributed by atoms with E-state index in [9.17, 15) is 0 Å². The summed E-state index contributed by atoms with van der Waals surface area (Å²) in [6.45, 7) is 8.59. The van der Waals surface area contributed by atoms with E-state index in [1.165, 1.54) is 77.4 Å². The first kappa shape index (κ1) is 15.3. The molecular formula is C17H34N2. The van der Waals surface area contributed by atoms with Crippen molar-refractivity contribution in [1.29, 1.82) is 0 Å². The molecule has 1 aliphatic carbocycles. The summed E-state index contributed by atoms with van der Waals surface area (Å²) < 4.78 is 0. The second-order valence-corrected chi connectivity index (χ2v) is 6.77. The van der Waals surface area contributed by atoms with Crippen LogP contribution in [0.3, 0.4) is 0 Å². The zero-order valence-electron chi connectivity index (χ0n) is 13.2. The van der Waals surface area contributed by atoms with E-state index in [2.05, 4.69) is 24.1 Å². The molecule has 0 radical (unpaired) electrons. The molecule has 19 heavy (non-hydrogen) atoms. The molecule has 3 unspecified atom stereocenters. The van der Waals surface area contributed by atoms with E-state index in [4.69, 9.17) is 0 Å². The van der Waals surface area contributed by atoms with Gasteiger partial charge in [-0.3, -0.25) is 4.90 Å². The van der Waals surface area contributed by atoms with Gasteiger partial charge < -0.3 is 5.32 Å². The largest absolute Gasteiger partial charge is 0.312 e. The fraction of sp³-hybridized carbons (Fsp3) is 1.00. The zero-order chi connectivity index (χ0) is 13.5. The number of hydrogen-bond acceptors (Lipinski definition) is 2. The molecule has 0 aromatic carbocycles. The molecule has 2 nitrogen and oxygen atoms in total. The van der Waals surface area contributed by atoms with Gasteiger partial charge in [0.05, 0.1) is 0 Å². The first-order valence-corrected chi connectivity index (χ1v) is 8.78. The van der Waals surface area contributed by atoms with E-state index >= 15 is 0 Å². The van der Waals surface area contributed by atoms with Crippen molar-refractivity contribution in [2.24, 2.45) is 5.92 Å². The van der Waals surface area contributed by atoms with E-state index in [1.54, 1.807) is 0 Å². The Morgan fingerprint density at radius 1 is 1.00 bits per heavy atom. The van der Waals surface area contributed by atoms with Crippen molar-refractivity contribution in [3.8, 4) is 0 Å². The lowest BCUT2D eigenvalue weighted by atomic mass is 9.86. The van der Waals surface area contributed by atoms with Crippen molar-refractivity contribution in [2.75, 3.05) is 19.6 Å². The molecule has 2 heteroatoms. The highest BCUT2D eigenvalue weighted by Gasteiger charge is 2.22. The van der Waals surface area contributed by atoms with Crippen LogP contribution in [0.2, 0.25) is 0 Å². The maximum Gasteiger partial charge on any atom is 0.0110 e. The van der Waals surface area contributed by atoms with Gasteiger partial charge in [-0.05, 0) is 44.6 Å². The summed E-state index contributed by atoms with van der Waals surface area (Å²) in [5.41, 5.74) is 0. The van der Waals surface area contributed by atoms with Crippen LogP contribution in [0.4, 0.5) is 0 Å². The summed E-state index contributed by atoms with van der Waals surface area (Å²) in [5, 5.41) is 3.84. The predicted molar refractivity (Wildman–Crippen MR) is 83.5 cm³/mol. The Hall–Kier alpha value is -0.0800. The average molecular weight is 266 g/mol. The highest BCUT2D eigenvalue weighted by atomic mass is 15.2. The first-order valence-electron chi connectivity index (χ1n) is 8.78. The zero-order valence-corrected chi connectivity index (χ0v) is 13.2. The van der Waals surface area contributed by atoms with Gasteiger partial charge in [-0.1, -0.05) is 39.5 Å². The summed E-state index contributed by atoms with van der Waals surface area (Å²) in [7, 11) is 0. The lowest BCUT2D eigenvalue weighted by Crippen LogP contribution is -2.44. The van der Waals surface area contributed by atoms with Crippen molar-refractivity contribution in [3.05, 3.63) is 0 Å². The summed E-state index contributed by atoms with van der Waals surface area (Å²) in [5.74, 6) is 0.889. The van der Waals surface area contributed by atoms with E-state index in [-0.39, 0.29) is 0 Å².